The molecule has 0 radical (unpaired) electrons. The van der Waals surface area contributed by atoms with Gasteiger partial charge in [-0.1, -0.05) is 38.7 Å². The van der Waals surface area contributed by atoms with Crippen molar-refractivity contribution in [2.24, 2.45) is 0 Å². The van der Waals surface area contributed by atoms with Crippen LogP contribution in [0.15, 0.2) is 17.9 Å². The quantitative estimate of drug-likeness (QED) is 0.316. The van der Waals surface area contributed by atoms with E-state index in [-0.39, 0.29) is 0 Å². The first kappa shape index (κ1) is 24.5. The number of likely N-dealkylation sites (N-methyl/N-ethyl adjacent to an activating group) is 1. The van der Waals surface area contributed by atoms with Crippen molar-refractivity contribution < 1.29 is 17.3 Å². The minimum atomic E-state index is -3.68. The van der Waals surface area contributed by atoms with E-state index in [1.54, 1.807) is 7.11 Å². The van der Waals surface area contributed by atoms with Crippen molar-refractivity contribution >= 4 is 15.7 Å². The van der Waals surface area contributed by atoms with Crippen LogP contribution >= 0.6 is 0 Å². The topological polar surface area (TPSA) is 64.6 Å². The van der Waals surface area contributed by atoms with Gasteiger partial charge >= 0.3 is 10.1 Å². The fraction of sp³-hybridized carbons (Fsp3) is 0.636. The first-order valence-corrected chi connectivity index (χ1v) is 11.8. The van der Waals surface area contributed by atoms with Gasteiger partial charge in [0.1, 0.15) is 11.5 Å². The lowest BCUT2D eigenvalue weighted by Crippen LogP contribution is -2.43. The van der Waals surface area contributed by atoms with Crippen molar-refractivity contribution in [3.05, 3.63) is 34.6 Å². The molecule has 1 aromatic carbocycles. The molecule has 0 amide bonds. The minimum absolute atomic E-state index is 0.430. The fourth-order valence-electron chi connectivity index (χ4n) is 3.66. The van der Waals surface area contributed by atoms with E-state index in [0.717, 1.165) is 60.6 Å². The summed E-state index contributed by atoms with van der Waals surface area (Å²) >= 11 is 0. The largest absolute Gasteiger partial charge is 0.496 e. The standard InChI is InChI=1S/C22H37NO4S/c1-9-10-11-12-13-22(5,23-6)21(27-28(8,24)25)18(4)20-17(3)14-16(2)15-19(20)26-7/h14-15,23H,9-13H2,1-8H3/b21-18-. The molecule has 0 spiro atoms. The van der Waals surface area contributed by atoms with Gasteiger partial charge in [-0.2, -0.15) is 8.42 Å². The third kappa shape index (κ3) is 6.52. The van der Waals surface area contributed by atoms with Crippen LogP contribution in [0.2, 0.25) is 0 Å². The molecule has 0 aliphatic heterocycles. The first-order valence-electron chi connectivity index (χ1n) is 9.94. The molecule has 1 rings (SSSR count). The lowest BCUT2D eigenvalue weighted by atomic mass is 9.86. The maximum Gasteiger partial charge on any atom is 0.306 e. The van der Waals surface area contributed by atoms with E-state index in [4.69, 9.17) is 8.92 Å². The van der Waals surface area contributed by atoms with Crippen LogP contribution in [-0.4, -0.2) is 34.4 Å². The first-order chi connectivity index (χ1) is 13.0. The summed E-state index contributed by atoms with van der Waals surface area (Å²) in [4.78, 5) is 0. The highest BCUT2D eigenvalue weighted by molar-refractivity contribution is 7.86. The number of unbranched alkanes of at least 4 members (excludes halogenated alkanes) is 3. The maximum atomic E-state index is 12.1. The van der Waals surface area contributed by atoms with Gasteiger partial charge < -0.3 is 14.2 Å². The number of rotatable bonds is 11. The molecule has 5 nitrogen and oxygen atoms in total. The molecule has 160 valence electrons. The Kier molecular flexibility index (Phi) is 9.02. The second kappa shape index (κ2) is 10.3. The van der Waals surface area contributed by atoms with Crippen LogP contribution < -0.4 is 10.1 Å². The lowest BCUT2D eigenvalue weighted by molar-refractivity contribution is 0.277. The van der Waals surface area contributed by atoms with Crippen LogP contribution in [0.5, 0.6) is 5.75 Å². The monoisotopic (exact) mass is 411 g/mol. The molecule has 0 bridgehead atoms. The second-order valence-corrected chi connectivity index (χ2v) is 9.37. The van der Waals surface area contributed by atoms with Crippen molar-refractivity contribution in [2.45, 2.75) is 72.3 Å². The van der Waals surface area contributed by atoms with E-state index in [2.05, 4.69) is 18.3 Å². The molecule has 28 heavy (non-hydrogen) atoms. The second-order valence-electron chi connectivity index (χ2n) is 7.79. The molecule has 0 aliphatic rings. The number of hydrogen-bond donors (Lipinski definition) is 1. The lowest BCUT2D eigenvalue weighted by Gasteiger charge is -2.33. The summed E-state index contributed by atoms with van der Waals surface area (Å²) < 4.78 is 35.4. The Morgan fingerprint density at radius 3 is 2.32 bits per heavy atom. The van der Waals surface area contributed by atoms with E-state index >= 15 is 0 Å². The number of hydrogen-bond acceptors (Lipinski definition) is 5. The summed E-state index contributed by atoms with van der Waals surface area (Å²) in [7, 11) is -0.210. The van der Waals surface area contributed by atoms with Gasteiger partial charge in [-0.3, -0.25) is 0 Å². The number of aryl methyl sites for hydroxylation is 2. The fourth-order valence-corrected chi connectivity index (χ4v) is 4.27. The predicted molar refractivity (Wildman–Crippen MR) is 117 cm³/mol. The maximum absolute atomic E-state index is 12.1. The van der Waals surface area contributed by atoms with Gasteiger partial charge in [-0.05, 0) is 58.4 Å². The van der Waals surface area contributed by atoms with E-state index < -0.39 is 15.7 Å². The van der Waals surface area contributed by atoms with Crippen molar-refractivity contribution in [2.75, 3.05) is 20.4 Å². The smallest absolute Gasteiger partial charge is 0.306 e. The van der Waals surface area contributed by atoms with Gasteiger partial charge in [-0.25, -0.2) is 0 Å². The molecule has 1 atom stereocenters. The van der Waals surface area contributed by atoms with Gasteiger partial charge in [0.2, 0.25) is 0 Å². The molecule has 6 heteroatoms. The van der Waals surface area contributed by atoms with Gasteiger partial charge in [0, 0.05) is 11.1 Å². The van der Waals surface area contributed by atoms with Gasteiger partial charge in [0.25, 0.3) is 0 Å². The van der Waals surface area contributed by atoms with Crippen LogP contribution in [0.1, 0.15) is 69.6 Å². The molecule has 0 heterocycles. The van der Waals surface area contributed by atoms with Crippen LogP contribution in [0.3, 0.4) is 0 Å². The van der Waals surface area contributed by atoms with Gasteiger partial charge in [-0.15, -0.1) is 0 Å². The minimum Gasteiger partial charge on any atom is -0.496 e. The zero-order chi connectivity index (χ0) is 21.5. The predicted octanol–water partition coefficient (Wildman–Crippen LogP) is 4.97. The number of ether oxygens (including phenoxy) is 1. The van der Waals surface area contributed by atoms with Crippen molar-refractivity contribution in [1.29, 1.82) is 0 Å². The Hall–Kier alpha value is -1.53. The van der Waals surface area contributed by atoms with Crippen LogP contribution in [-0.2, 0) is 14.3 Å². The molecule has 0 aliphatic carbocycles. The average Bonchev–Trinajstić information content (AvgIpc) is 2.61. The molecule has 1 N–H and O–H groups in total. The number of methoxy groups -OCH3 is 1. The summed E-state index contributed by atoms with van der Waals surface area (Å²) in [6.45, 7) is 10.1. The number of allylic oxidation sites excluding steroid dienone is 1. The normalized spacial score (nSPS) is 15.0. The Morgan fingerprint density at radius 1 is 1.18 bits per heavy atom. The highest BCUT2D eigenvalue weighted by atomic mass is 32.2. The third-order valence-corrected chi connectivity index (χ3v) is 5.67. The SMILES string of the molecule is CCCCCCC(C)(NC)/C(OS(C)(=O)=O)=C(\C)c1c(C)cc(C)cc1OC. The summed E-state index contributed by atoms with van der Waals surface area (Å²) in [6, 6.07) is 4.03. The van der Waals surface area contributed by atoms with E-state index in [9.17, 15) is 8.42 Å². The van der Waals surface area contributed by atoms with Gasteiger partial charge in [0.05, 0.1) is 18.9 Å². The Morgan fingerprint density at radius 2 is 1.82 bits per heavy atom. The Bertz CT molecular complexity index is 799. The van der Waals surface area contributed by atoms with E-state index in [1.807, 2.05) is 40.8 Å². The molecule has 1 aromatic rings. The molecule has 0 fully saturated rings. The summed E-state index contributed by atoms with van der Waals surface area (Å²) in [5.41, 5.74) is 3.15. The summed E-state index contributed by atoms with van der Waals surface area (Å²) in [5.74, 6) is 1.15. The summed E-state index contributed by atoms with van der Waals surface area (Å²) in [5, 5.41) is 3.31. The van der Waals surface area contributed by atoms with Crippen molar-refractivity contribution in [3.63, 3.8) is 0 Å². The molecular weight excluding hydrogens is 374 g/mol. The van der Waals surface area contributed by atoms with Crippen molar-refractivity contribution in [1.82, 2.24) is 5.32 Å². The highest BCUT2D eigenvalue weighted by Crippen LogP contribution is 2.38. The van der Waals surface area contributed by atoms with Gasteiger partial charge in [0.15, 0.2) is 0 Å². The zero-order valence-corrected chi connectivity index (χ0v) is 19.5. The molecule has 0 aromatic heterocycles. The van der Waals surface area contributed by atoms with Crippen LogP contribution in [0.25, 0.3) is 5.57 Å². The Balaban J connectivity index is 3.59. The Labute approximate surface area is 171 Å². The third-order valence-electron chi connectivity index (χ3n) is 5.20. The summed E-state index contributed by atoms with van der Waals surface area (Å²) in [6.07, 6.45) is 6.27. The van der Waals surface area contributed by atoms with Crippen molar-refractivity contribution in [3.8, 4) is 5.75 Å². The van der Waals surface area contributed by atoms with Crippen LogP contribution in [0, 0.1) is 13.8 Å². The molecule has 0 saturated heterocycles. The van der Waals surface area contributed by atoms with E-state index in [0.29, 0.717) is 11.5 Å². The zero-order valence-electron chi connectivity index (χ0n) is 18.7. The molecule has 1 unspecified atom stereocenters. The number of nitrogens with one attached hydrogen (secondary N) is 1. The number of benzene rings is 1. The highest BCUT2D eigenvalue weighted by Gasteiger charge is 2.34. The van der Waals surface area contributed by atoms with Crippen LogP contribution in [0.4, 0.5) is 0 Å². The van der Waals surface area contributed by atoms with E-state index in [1.165, 1.54) is 0 Å². The average molecular weight is 412 g/mol. The molecular formula is C22H37NO4S. The molecule has 0 saturated carbocycles.